The normalized spacial score (nSPS) is 16.7. The zero-order valence-electron chi connectivity index (χ0n) is 13.9. The minimum Gasteiger partial charge on any atom is -0.639 e. The summed E-state index contributed by atoms with van der Waals surface area (Å²) in [5.41, 5.74) is 4.88. The van der Waals surface area contributed by atoms with Crippen LogP contribution in [0.5, 0.6) is 0 Å². The first-order valence-electron chi connectivity index (χ1n) is 7.94. The number of ketones is 1. The van der Waals surface area contributed by atoms with Crippen molar-refractivity contribution in [3.8, 4) is 0 Å². The van der Waals surface area contributed by atoms with E-state index >= 15 is 0 Å². The van der Waals surface area contributed by atoms with Gasteiger partial charge >= 0.3 is 12.7 Å². The van der Waals surface area contributed by atoms with Crippen molar-refractivity contribution in [1.82, 2.24) is 0 Å². The number of alkyl halides is 3. The van der Waals surface area contributed by atoms with Crippen LogP contribution in [0.1, 0.15) is 6.92 Å². The van der Waals surface area contributed by atoms with Crippen LogP contribution in [0.25, 0.3) is 0 Å². The molecule has 0 fully saturated rings. The Hall–Kier alpha value is -3.03. The first kappa shape index (κ1) is 17.8. The third-order valence-corrected chi connectivity index (χ3v) is 4.32. The van der Waals surface area contributed by atoms with Crippen LogP contribution in [0.2, 0.25) is 0 Å². The molecule has 0 bridgehead atoms. The molecule has 0 amide bonds. The summed E-state index contributed by atoms with van der Waals surface area (Å²) in [6.45, 7) is -1.54. The van der Waals surface area contributed by atoms with Crippen molar-refractivity contribution in [2.24, 2.45) is 5.73 Å². The van der Waals surface area contributed by atoms with Crippen molar-refractivity contribution in [3.05, 3.63) is 72.1 Å². The molecular weight excluding hydrogens is 344 g/mol. The van der Waals surface area contributed by atoms with Crippen LogP contribution < -0.4 is 21.6 Å². The smallest absolute Gasteiger partial charge is 0.508 e. The van der Waals surface area contributed by atoms with Crippen molar-refractivity contribution >= 4 is 28.9 Å². The molecule has 0 radical (unpaired) electrons. The number of allylic oxidation sites excluding steroid dienone is 1. The van der Waals surface area contributed by atoms with Crippen molar-refractivity contribution in [1.29, 1.82) is 0 Å². The number of rotatable bonds is 3. The Bertz CT molecular complexity index is 854. The zero-order chi connectivity index (χ0) is 18.9. The number of nitrogens with two attached hydrogens (primary N) is 1. The minimum absolute atomic E-state index is 0.478. The number of carbonyl (C=O) groups is 1. The van der Waals surface area contributed by atoms with Crippen LogP contribution in [-0.2, 0) is 9.45 Å². The van der Waals surface area contributed by atoms with Crippen molar-refractivity contribution in [2.75, 3.05) is 0 Å². The van der Waals surface area contributed by atoms with Gasteiger partial charge in [0.05, 0.1) is 0 Å². The summed E-state index contributed by atoms with van der Waals surface area (Å²) in [5, 5.41) is 0. The number of hydrogen-bond acceptors (Lipinski definition) is 3. The summed E-state index contributed by atoms with van der Waals surface area (Å²) in [7, 11) is 0. The summed E-state index contributed by atoms with van der Waals surface area (Å²) >= 11 is 0. The summed E-state index contributed by atoms with van der Waals surface area (Å²) in [6, 6.07) is 16.9. The lowest BCUT2D eigenvalue weighted by atomic mass is 9.42. The number of halogens is 3. The number of Topliss-reactive ketones (excluding diaryl/α,β-unsaturated/α-hetero) is 1. The standard InChI is InChI=1S/C18H16BF3N2O2/c1-12(25)15-16(18(20,21)22)24-19(26-17(15)23,13-8-4-2-5-9-13)14-10-6-3-7-11-14/h2-11,24H,23H2,1H3. The number of carbonyl (C=O) groups excluding carboxylic acids is 1. The van der Waals surface area contributed by atoms with E-state index in [1.165, 1.54) is 0 Å². The summed E-state index contributed by atoms with van der Waals surface area (Å²) in [5.74, 6) is -1.37. The molecule has 3 N–H and O–H groups in total. The van der Waals surface area contributed by atoms with Gasteiger partial charge < -0.3 is 15.3 Å². The van der Waals surface area contributed by atoms with Crippen LogP contribution in [0.15, 0.2) is 72.1 Å². The lowest BCUT2D eigenvalue weighted by Crippen LogP contribution is -3.03. The molecule has 2 aromatic carbocycles. The Kier molecular flexibility index (Phi) is 4.35. The molecule has 3 rings (SSSR count). The minimum atomic E-state index is -4.80. The molecule has 1 heterocycles. The number of benzene rings is 2. The van der Waals surface area contributed by atoms with E-state index in [1.807, 2.05) is 0 Å². The predicted molar refractivity (Wildman–Crippen MR) is 92.9 cm³/mol. The molecular formula is C18H16BF3N2O2. The van der Waals surface area contributed by atoms with Crippen molar-refractivity contribution in [3.63, 3.8) is 0 Å². The van der Waals surface area contributed by atoms with Gasteiger partial charge in [0, 0.05) is 0 Å². The molecule has 0 atom stereocenters. The van der Waals surface area contributed by atoms with Crippen LogP contribution in [0, 0.1) is 0 Å². The molecule has 1 aliphatic rings. The van der Waals surface area contributed by atoms with E-state index in [4.69, 9.17) is 10.4 Å². The van der Waals surface area contributed by atoms with Gasteiger partial charge in [0.1, 0.15) is 5.57 Å². The molecule has 0 unspecified atom stereocenters. The van der Waals surface area contributed by atoms with Gasteiger partial charge in [0.15, 0.2) is 11.7 Å². The molecule has 0 saturated carbocycles. The predicted octanol–water partition coefficient (Wildman–Crippen LogP) is 0.116. The summed E-state index contributed by atoms with van der Waals surface area (Å²) in [6.07, 6.45) is -4.80. The van der Waals surface area contributed by atoms with Gasteiger partial charge in [-0.3, -0.25) is 4.79 Å². The monoisotopic (exact) mass is 360 g/mol. The third-order valence-electron chi connectivity index (χ3n) is 4.32. The maximum absolute atomic E-state index is 13.7. The van der Waals surface area contributed by atoms with E-state index in [1.54, 1.807) is 60.7 Å². The van der Waals surface area contributed by atoms with Crippen LogP contribution in [0.4, 0.5) is 13.2 Å². The van der Waals surface area contributed by atoms with Gasteiger partial charge in [-0.2, -0.15) is 13.2 Å². The Balaban J connectivity index is 2.34. The highest BCUT2D eigenvalue weighted by atomic mass is 19.4. The van der Waals surface area contributed by atoms with Crippen molar-refractivity contribution < 1.29 is 27.5 Å². The van der Waals surface area contributed by atoms with E-state index in [-0.39, 0.29) is 0 Å². The van der Waals surface area contributed by atoms with Gasteiger partial charge in [-0.05, 0) is 6.92 Å². The van der Waals surface area contributed by atoms with Gasteiger partial charge in [-0.15, -0.1) is 0 Å². The molecule has 8 heteroatoms. The highest BCUT2D eigenvalue weighted by Crippen LogP contribution is 2.24. The van der Waals surface area contributed by atoms with Gasteiger partial charge in [0.2, 0.25) is 5.71 Å². The Morgan fingerprint density at radius 1 is 1.00 bits per heavy atom. The SMILES string of the molecule is CC(=O)C1=C(N)O[B-](c2ccccc2)(c2ccccc2)[NH+]=C1C(F)(F)F. The highest BCUT2D eigenvalue weighted by molar-refractivity contribution is 6.91. The average Bonchev–Trinajstić information content (AvgIpc) is 2.61. The second-order valence-electron chi connectivity index (χ2n) is 6.04. The summed E-state index contributed by atoms with van der Waals surface area (Å²) < 4.78 is 47.0. The van der Waals surface area contributed by atoms with E-state index in [9.17, 15) is 18.0 Å². The number of nitrogens with one attached hydrogen (secondary N) is 1. The first-order valence-corrected chi connectivity index (χ1v) is 7.94. The number of hydrogen-bond donors (Lipinski definition) is 2. The Morgan fingerprint density at radius 2 is 1.46 bits per heavy atom. The molecule has 0 aromatic heterocycles. The molecule has 0 spiro atoms. The van der Waals surface area contributed by atoms with E-state index < -0.39 is 35.6 Å². The van der Waals surface area contributed by atoms with E-state index in [2.05, 4.69) is 4.90 Å². The van der Waals surface area contributed by atoms with Crippen LogP contribution >= 0.6 is 0 Å². The maximum atomic E-state index is 13.7. The van der Waals surface area contributed by atoms with Gasteiger partial charge in [-0.1, -0.05) is 71.6 Å². The lowest BCUT2D eigenvalue weighted by molar-refractivity contribution is -0.340. The quantitative estimate of drug-likeness (QED) is 0.765. The van der Waals surface area contributed by atoms with Crippen LogP contribution in [0.3, 0.4) is 0 Å². The Morgan fingerprint density at radius 3 is 1.85 bits per heavy atom. The Labute approximate surface area is 148 Å². The van der Waals surface area contributed by atoms with E-state index in [0.717, 1.165) is 6.92 Å². The van der Waals surface area contributed by atoms with Crippen LogP contribution in [-0.4, -0.2) is 24.2 Å². The second-order valence-corrected chi connectivity index (χ2v) is 6.04. The average molecular weight is 360 g/mol. The van der Waals surface area contributed by atoms with Crippen molar-refractivity contribution in [2.45, 2.75) is 13.1 Å². The largest absolute Gasteiger partial charge is 0.639 e. The maximum Gasteiger partial charge on any atom is 0.508 e. The summed E-state index contributed by atoms with van der Waals surface area (Å²) in [4.78, 5) is 14.3. The molecule has 0 saturated heterocycles. The fourth-order valence-corrected chi connectivity index (χ4v) is 3.19. The van der Waals surface area contributed by atoms with Gasteiger partial charge in [-0.25, -0.2) is 0 Å². The zero-order valence-corrected chi connectivity index (χ0v) is 13.9. The molecule has 134 valence electrons. The second kappa shape index (κ2) is 6.36. The molecule has 4 nitrogen and oxygen atoms in total. The fraction of sp³-hybridized carbons (Fsp3) is 0.111. The van der Waals surface area contributed by atoms with Gasteiger partial charge in [0.25, 0.3) is 0 Å². The lowest BCUT2D eigenvalue weighted by Gasteiger charge is -2.37. The fourth-order valence-electron chi connectivity index (χ4n) is 3.19. The first-order chi connectivity index (χ1) is 12.3. The van der Waals surface area contributed by atoms with E-state index in [0.29, 0.717) is 10.9 Å². The third kappa shape index (κ3) is 2.98. The molecule has 0 aliphatic carbocycles. The highest BCUT2D eigenvalue weighted by Gasteiger charge is 2.53. The molecule has 2 aromatic rings. The molecule has 26 heavy (non-hydrogen) atoms. The topological polar surface area (TPSA) is 66.3 Å². The molecule has 1 aliphatic heterocycles.